The van der Waals surface area contributed by atoms with Crippen molar-refractivity contribution in [2.45, 2.75) is 19.8 Å². The van der Waals surface area contributed by atoms with E-state index < -0.39 is 0 Å². The number of allylic oxidation sites excluding steroid dienone is 6. The molecule has 0 atom stereocenters. The molecule has 2 heteroatoms. The smallest absolute Gasteiger partial charge is 0.121 e. The van der Waals surface area contributed by atoms with E-state index in [0.29, 0.717) is 0 Å². The molecule has 0 saturated heterocycles. The van der Waals surface area contributed by atoms with E-state index in [1.54, 1.807) is 7.11 Å². The zero-order chi connectivity index (χ0) is 18.5. The first-order chi connectivity index (χ1) is 12.1. The number of unbranched alkanes of at least 4 members (excludes halogenated alkanes) is 1. The van der Waals surface area contributed by atoms with Gasteiger partial charge < -0.3 is 9.64 Å². The van der Waals surface area contributed by atoms with Gasteiger partial charge in [0.2, 0.25) is 0 Å². The molecule has 0 amide bonds. The summed E-state index contributed by atoms with van der Waals surface area (Å²) in [5, 5.41) is 0. The van der Waals surface area contributed by atoms with Gasteiger partial charge in [0.1, 0.15) is 5.76 Å². The third-order valence-electron chi connectivity index (χ3n) is 3.62. The second kappa shape index (κ2) is 11.8. The Kier molecular flexibility index (Phi) is 9.58. The standard InChI is InChI=1S/C23H29NO/c1-6-7-8-9-10-11-12-13-23(25-5)20(2)14-15-21-16-18-22(19-17-21)24(3)4/h6,9,11-19H,1,7-8H2,2-5H3/b13-12-,15-14+,23-20-. The lowest BCUT2D eigenvalue weighted by molar-refractivity contribution is 0.303. The Hall–Kier alpha value is -2.70. The van der Waals surface area contributed by atoms with Gasteiger partial charge in [0.25, 0.3) is 0 Å². The van der Waals surface area contributed by atoms with Crippen LogP contribution in [-0.2, 0) is 4.74 Å². The zero-order valence-corrected chi connectivity index (χ0v) is 15.8. The summed E-state index contributed by atoms with van der Waals surface area (Å²) in [4.78, 5) is 2.09. The molecule has 0 spiro atoms. The van der Waals surface area contributed by atoms with Crippen LogP contribution in [0.25, 0.3) is 6.08 Å². The molecule has 0 saturated carbocycles. The number of ether oxygens (including phenoxy) is 1. The van der Waals surface area contributed by atoms with E-state index in [1.807, 2.05) is 51.4 Å². The van der Waals surface area contributed by atoms with Crippen molar-refractivity contribution in [3.05, 3.63) is 89.9 Å². The molecule has 25 heavy (non-hydrogen) atoms. The van der Waals surface area contributed by atoms with Gasteiger partial charge in [-0.1, -0.05) is 36.4 Å². The van der Waals surface area contributed by atoms with Gasteiger partial charge in [-0.15, -0.1) is 12.3 Å². The molecule has 0 N–H and O–H groups in total. The lowest BCUT2D eigenvalue weighted by atomic mass is 10.1. The Balaban J connectivity index is 2.75. The maximum atomic E-state index is 5.46. The number of methoxy groups -OCH3 is 1. The van der Waals surface area contributed by atoms with E-state index in [2.05, 4.69) is 53.6 Å². The molecule has 0 bridgehead atoms. The second-order valence-electron chi connectivity index (χ2n) is 5.83. The first-order valence-electron chi connectivity index (χ1n) is 8.47. The van der Waals surface area contributed by atoms with Crippen LogP contribution in [0.3, 0.4) is 0 Å². The topological polar surface area (TPSA) is 12.5 Å². The van der Waals surface area contributed by atoms with Crippen molar-refractivity contribution >= 4 is 11.8 Å². The van der Waals surface area contributed by atoms with Crippen LogP contribution >= 0.6 is 0 Å². The van der Waals surface area contributed by atoms with Gasteiger partial charge >= 0.3 is 0 Å². The molecular formula is C23H29NO. The number of hydrogen-bond acceptors (Lipinski definition) is 2. The summed E-state index contributed by atoms with van der Waals surface area (Å²) < 4.78 is 5.46. The van der Waals surface area contributed by atoms with E-state index in [0.717, 1.165) is 29.7 Å². The van der Waals surface area contributed by atoms with Crippen LogP contribution in [0.15, 0.2) is 84.4 Å². The van der Waals surface area contributed by atoms with E-state index in [1.165, 1.54) is 5.69 Å². The molecule has 0 unspecified atom stereocenters. The molecule has 0 aliphatic carbocycles. The van der Waals surface area contributed by atoms with E-state index in [9.17, 15) is 0 Å². The molecule has 1 aromatic rings. The highest BCUT2D eigenvalue weighted by molar-refractivity contribution is 5.57. The Labute approximate surface area is 152 Å². The minimum atomic E-state index is 0.838. The number of hydrogen-bond donors (Lipinski definition) is 0. The van der Waals surface area contributed by atoms with Crippen LogP contribution < -0.4 is 4.90 Å². The van der Waals surface area contributed by atoms with Gasteiger partial charge in [-0.25, -0.2) is 0 Å². The molecule has 0 aliphatic rings. The fraction of sp³-hybridized carbons (Fsp3) is 0.261. The summed E-state index contributed by atoms with van der Waals surface area (Å²) in [7, 11) is 5.77. The van der Waals surface area contributed by atoms with Gasteiger partial charge in [-0.2, -0.15) is 0 Å². The molecule has 0 aromatic heterocycles. The fourth-order valence-electron chi connectivity index (χ4n) is 2.09. The molecule has 1 aromatic carbocycles. The molecule has 0 radical (unpaired) electrons. The minimum Gasteiger partial charge on any atom is -0.496 e. The summed E-state index contributed by atoms with van der Waals surface area (Å²) >= 11 is 0. The molecule has 132 valence electrons. The van der Waals surface area contributed by atoms with Gasteiger partial charge in [-0.3, -0.25) is 0 Å². The summed E-state index contributed by atoms with van der Waals surface area (Å²) in [6, 6.07) is 8.44. The van der Waals surface area contributed by atoms with Crippen molar-refractivity contribution in [3.8, 4) is 0 Å². The second-order valence-corrected chi connectivity index (χ2v) is 5.83. The highest BCUT2D eigenvalue weighted by atomic mass is 16.5. The molecule has 0 heterocycles. The molecule has 0 aliphatic heterocycles. The highest BCUT2D eigenvalue weighted by Gasteiger charge is 1.96. The Bertz CT molecular complexity index is 681. The van der Waals surface area contributed by atoms with Crippen LogP contribution in [0.2, 0.25) is 0 Å². The summed E-state index contributed by atoms with van der Waals surface area (Å²) in [5.74, 6) is 0.838. The van der Waals surface area contributed by atoms with Crippen molar-refractivity contribution in [1.82, 2.24) is 0 Å². The largest absolute Gasteiger partial charge is 0.496 e. The molecule has 0 fully saturated rings. The average Bonchev–Trinajstić information content (AvgIpc) is 2.62. The normalized spacial score (nSPS) is 11.8. The van der Waals surface area contributed by atoms with Gasteiger partial charge in [0, 0.05) is 19.8 Å². The van der Waals surface area contributed by atoms with Crippen LogP contribution in [0.4, 0.5) is 5.69 Å². The lowest BCUT2D eigenvalue weighted by Gasteiger charge is -2.11. The first-order valence-corrected chi connectivity index (χ1v) is 8.47. The van der Waals surface area contributed by atoms with E-state index in [4.69, 9.17) is 4.74 Å². The van der Waals surface area contributed by atoms with Gasteiger partial charge in [-0.05, 0) is 61.3 Å². The highest BCUT2D eigenvalue weighted by Crippen LogP contribution is 2.15. The molecule has 2 nitrogen and oxygen atoms in total. The maximum Gasteiger partial charge on any atom is 0.121 e. The molecular weight excluding hydrogens is 306 g/mol. The van der Waals surface area contributed by atoms with Crippen molar-refractivity contribution < 1.29 is 4.74 Å². The van der Waals surface area contributed by atoms with Crippen LogP contribution in [0.1, 0.15) is 25.3 Å². The van der Waals surface area contributed by atoms with Gasteiger partial charge in [0.05, 0.1) is 7.11 Å². The van der Waals surface area contributed by atoms with Crippen molar-refractivity contribution in [2.75, 3.05) is 26.1 Å². The quantitative estimate of drug-likeness (QED) is 0.183. The van der Waals surface area contributed by atoms with Crippen LogP contribution in [-0.4, -0.2) is 21.2 Å². The Morgan fingerprint density at radius 3 is 2.48 bits per heavy atom. The summed E-state index contributed by atoms with van der Waals surface area (Å²) in [6.45, 7) is 5.74. The number of nitrogens with zero attached hydrogens (tertiary/aromatic N) is 1. The molecule has 1 rings (SSSR count). The predicted octanol–water partition coefficient (Wildman–Crippen LogP) is 5.92. The third-order valence-corrected chi connectivity index (χ3v) is 3.62. The Morgan fingerprint density at radius 2 is 1.88 bits per heavy atom. The number of benzene rings is 1. The van der Waals surface area contributed by atoms with E-state index >= 15 is 0 Å². The number of rotatable bonds is 9. The third kappa shape index (κ3) is 8.10. The van der Waals surface area contributed by atoms with Crippen molar-refractivity contribution in [2.24, 2.45) is 0 Å². The first kappa shape index (κ1) is 20.3. The average molecular weight is 335 g/mol. The summed E-state index contributed by atoms with van der Waals surface area (Å²) in [6.07, 6.45) is 15.8. The lowest BCUT2D eigenvalue weighted by Crippen LogP contribution is -2.07. The van der Waals surface area contributed by atoms with Crippen LogP contribution in [0, 0.1) is 0 Å². The number of anilines is 1. The van der Waals surface area contributed by atoms with Crippen molar-refractivity contribution in [1.29, 1.82) is 0 Å². The predicted molar refractivity (Wildman–Crippen MR) is 111 cm³/mol. The van der Waals surface area contributed by atoms with E-state index in [-0.39, 0.29) is 0 Å². The summed E-state index contributed by atoms with van der Waals surface area (Å²) in [5.41, 5.74) is 6.55. The monoisotopic (exact) mass is 335 g/mol. The van der Waals surface area contributed by atoms with Crippen molar-refractivity contribution in [3.63, 3.8) is 0 Å². The SMILES string of the molecule is C=CCCC=C=C\C=C/C(OC)=C(C)/C=C/c1ccc(N(C)C)cc1. The fourth-order valence-corrected chi connectivity index (χ4v) is 2.09. The van der Waals surface area contributed by atoms with Crippen LogP contribution in [0.5, 0.6) is 0 Å². The Morgan fingerprint density at radius 1 is 1.16 bits per heavy atom. The maximum absolute atomic E-state index is 5.46. The van der Waals surface area contributed by atoms with Gasteiger partial charge in [0.15, 0.2) is 0 Å². The minimum absolute atomic E-state index is 0.838. The zero-order valence-electron chi connectivity index (χ0n) is 15.8.